The summed E-state index contributed by atoms with van der Waals surface area (Å²) in [5.41, 5.74) is 10.1. The van der Waals surface area contributed by atoms with Crippen LogP contribution in [0, 0.1) is 5.92 Å². The van der Waals surface area contributed by atoms with E-state index in [1.165, 1.54) is 43.9 Å². The SMILES string of the molecule is CC(C)c1c(CC2CCCCC2)nc(SCC(=O)c2ccc(OC(=O)C(N)Cc3c[nH]c4ccccc34)cc2)[nH]c1=O. The van der Waals surface area contributed by atoms with Gasteiger partial charge in [-0.3, -0.25) is 9.59 Å². The summed E-state index contributed by atoms with van der Waals surface area (Å²) < 4.78 is 5.48. The number of ketones is 1. The minimum atomic E-state index is -0.832. The molecule has 9 heteroatoms. The molecule has 0 aliphatic heterocycles. The number of thioether (sulfide) groups is 1. The highest BCUT2D eigenvalue weighted by Crippen LogP contribution is 2.29. The van der Waals surface area contributed by atoms with Crippen molar-refractivity contribution in [1.29, 1.82) is 0 Å². The Morgan fingerprint density at radius 2 is 1.81 bits per heavy atom. The summed E-state index contributed by atoms with van der Waals surface area (Å²) in [5, 5.41) is 1.50. The van der Waals surface area contributed by atoms with Crippen molar-refractivity contribution in [3.05, 3.63) is 87.5 Å². The molecule has 5 rings (SSSR count). The lowest BCUT2D eigenvalue weighted by Crippen LogP contribution is -2.36. The first-order valence-electron chi connectivity index (χ1n) is 14.7. The molecule has 0 amide bonds. The molecule has 8 nitrogen and oxygen atoms in total. The van der Waals surface area contributed by atoms with Crippen LogP contribution in [0.15, 0.2) is 64.7 Å². The molecular weight excluding hydrogens is 548 g/mol. The van der Waals surface area contributed by atoms with Gasteiger partial charge in [0.15, 0.2) is 10.9 Å². The van der Waals surface area contributed by atoms with E-state index >= 15 is 0 Å². The summed E-state index contributed by atoms with van der Waals surface area (Å²) in [6.07, 6.45) is 9.11. The number of nitrogens with zero attached hydrogens (tertiary/aromatic N) is 1. The summed E-state index contributed by atoms with van der Waals surface area (Å²) in [7, 11) is 0. The molecule has 220 valence electrons. The summed E-state index contributed by atoms with van der Waals surface area (Å²) in [5.74, 6) is 0.428. The van der Waals surface area contributed by atoms with E-state index in [0.29, 0.717) is 28.8 Å². The number of hydrogen-bond acceptors (Lipinski definition) is 7. The van der Waals surface area contributed by atoms with Crippen LogP contribution in [-0.4, -0.2) is 38.5 Å². The molecule has 2 heterocycles. The summed E-state index contributed by atoms with van der Waals surface area (Å²) in [4.78, 5) is 49.4. The van der Waals surface area contributed by atoms with E-state index in [1.807, 2.05) is 44.3 Å². The van der Waals surface area contributed by atoms with Crippen LogP contribution in [-0.2, 0) is 17.6 Å². The number of hydrogen-bond donors (Lipinski definition) is 3. The Labute approximate surface area is 249 Å². The fourth-order valence-electron chi connectivity index (χ4n) is 5.73. The van der Waals surface area contributed by atoms with Gasteiger partial charge in [0.2, 0.25) is 0 Å². The molecule has 2 aromatic carbocycles. The van der Waals surface area contributed by atoms with E-state index in [2.05, 4.69) is 9.97 Å². The lowest BCUT2D eigenvalue weighted by molar-refractivity contribution is -0.135. The van der Waals surface area contributed by atoms with Crippen molar-refractivity contribution >= 4 is 34.4 Å². The van der Waals surface area contributed by atoms with Crippen LogP contribution >= 0.6 is 11.8 Å². The number of Topliss-reactive ketones (excluding diaryl/α,β-unsaturated/α-hetero) is 1. The number of ether oxygens (including phenoxy) is 1. The van der Waals surface area contributed by atoms with Gasteiger partial charge in [0.25, 0.3) is 5.56 Å². The highest BCUT2D eigenvalue weighted by Gasteiger charge is 2.22. The van der Waals surface area contributed by atoms with Gasteiger partial charge < -0.3 is 20.4 Å². The first-order valence-corrected chi connectivity index (χ1v) is 15.7. The first kappa shape index (κ1) is 29.8. The van der Waals surface area contributed by atoms with Crippen molar-refractivity contribution < 1.29 is 14.3 Å². The quantitative estimate of drug-likeness (QED) is 0.0651. The molecule has 1 aliphatic carbocycles. The second-order valence-corrected chi connectivity index (χ2v) is 12.4. The highest BCUT2D eigenvalue weighted by molar-refractivity contribution is 7.99. The van der Waals surface area contributed by atoms with Crippen LogP contribution in [0.3, 0.4) is 0 Å². The minimum absolute atomic E-state index is 0.0798. The van der Waals surface area contributed by atoms with E-state index in [9.17, 15) is 14.4 Å². The van der Waals surface area contributed by atoms with Crippen LogP contribution in [0.25, 0.3) is 10.9 Å². The smallest absolute Gasteiger partial charge is 0.328 e. The zero-order valence-corrected chi connectivity index (χ0v) is 25.0. The average Bonchev–Trinajstić information content (AvgIpc) is 3.39. The van der Waals surface area contributed by atoms with E-state index in [1.54, 1.807) is 24.3 Å². The van der Waals surface area contributed by atoms with Crippen molar-refractivity contribution in [3.8, 4) is 5.75 Å². The molecule has 0 spiro atoms. The number of nitrogens with two attached hydrogens (primary N) is 1. The Bertz CT molecular complexity index is 1600. The molecule has 4 N–H and O–H groups in total. The maximum absolute atomic E-state index is 12.9. The second-order valence-electron chi connectivity index (χ2n) is 11.4. The standard InChI is InChI=1S/C33H38N4O4S/c1-20(2)30-28(16-21-8-4-3-5-9-21)36-33(37-31(30)39)42-19-29(38)22-12-14-24(15-13-22)41-32(40)26(34)17-23-18-35-27-11-7-6-10-25(23)27/h6-7,10-15,18,20-21,26,35H,3-5,8-9,16-17,19,34H2,1-2H3,(H,36,37,39). The molecule has 42 heavy (non-hydrogen) atoms. The zero-order valence-electron chi connectivity index (χ0n) is 24.2. The predicted molar refractivity (Wildman–Crippen MR) is 166 cm³/mol. The van der Waals surface area contributed by atoms with Gasteiger partial charge in [-0.2, -0.15) is 0 Å². The molecule has 1 unspecified atom stereocenters. The third kappa shape index (κ3) is 7.20. The number of aromatic amines is 2. The molecule has 1 fully saturated rings. The number of carbonyl (C=O) groups excluding carboxylic acids is 2. The number of aromatic nitrogens is 3. The largest absolute Gasteiger partial charge is 0.425 e. The number of fused-ring (bicyclic) bond motifs is 1. The van der Waals surface area contributed by atoms with Gasteiger partial charge in [-0.1, -0.05) is 75.9 Å². The van der Waals surface area contributed by atoms with E-state index in [-0.39, 0.29) is 23.0 Å². The maximum atomic E-state index is 12.9. The minimum Gasteiger partial charge on any atom is -0.425 e. The first-order chi connectivity index (χ1) is 20.3. The topological polar surface area (TPSA) is 131 Å². The van der Waals surface area contributed by atoms with Gasteiger partial charge in [-0.25, -0.2) is 9.78 Å². The lowest BCUT2D eigenvalue weighted by atomic mass is 9.84. The molecule has 0 saturated heterocycles. The second kappa shape index (κ2) is 13.5. The zero-order chi connectivity index (χ0) is 29.6. The third-order valence-electron chi connectivity index (χ3n) is 7.95. The number of rotatable bonds is 11. The van der Waals surface area contributed by atoms with Gasteiger partial charge >= 0.3 is 5.97 Å². The monoisotopic (exact) mass is 586 g/mol. The number of para-hydroxylation sites is 1. The number of H-pyrrole nitrogens is 2. The summed E-state index contributed by atoms with van der Waals surface area (Å²) in [6.45, 7) is 4.04. The molecule has 2 aromatic heterocycles. The van der Waals surface area contributed by atoms with Gasteiger partial charge in [0.05, 0.1) is 11.4 Å². The molecule has 1 aliphatic rings. The van der Waals surface area contributed by atoms with Crippen molar-refractivity contribution in [2.24, 2.45) is 11.7 Å². The molecule has 4 aromatic rings. The van der Waals surface area contributed by atoms with Crippen molar-refractivity contribution in [2.45, 2.75) is 75.9 Å². The number of carbonyl (C=O) groups is 2. The average molecular weight is 587 g/mol. The Kier molecular flexibility index (Phi) is 9.59. The Balaban J connectivity index is 1.17. The molecule has 1 atom stereocenters. The number of nitrogens with one attached hydrogen (secondary N) is 2. The normalized spacial score (nSPS) is 14.8. The van der Waals surface area contributed by atoms with Crippen molar-refractivity contribution in [2.75, 3.05) is 5.75 Å². The molecular formula is C33H38N4O4S. The van der Waals surface area contributed by atoms with E-state index < -0.39 is 12.0 Å². The Morgan fingerprint density at radius 1 is 1.07 bits per heavy atom. The number of esters is 1. The van der Waals surface area contributed by atoms with Crippen LogP contribution < -0.4 is 16.0 Å². The summed E-state index contributed by atoms with van der Waals surface area (Å²) in [6, 6.07) is 13.4. The molecule has 0 radical (unpaired) electrons. The van der Waals surface area contributed by atoms with Crippen molar-refractivity contribution in [3.63, 3.8) is 0 Å². The van der Waals surface area contributed by atoms with Gasteiger partial charge in [0.1, 0.15) is 11.8 Å². The van der Waals surface area contributed by atoms with E-state index in [0.717, 1.165) is 34.1 Å². The fraction of sp³-hybridized carbons (Fsp3) is 0.394. The molecule has 1 saturated carbocycles. The fourth-order valence-corrected chi connectivity index (χ4v) is 6.50. The van der Waals surface area contributed by atoms with Gasteiger partial charge in [0, 0.05) is 34.6 Å². The van der Waals surface area contributed by atoms with Gasteiger partial charge in [-0.15, -0.1) is 0 Å². The van der Waals surface area contributed by atoms with Crippen molar-refractivity contribution in [1.82, 2.24) is 15.0 Å². The van der Waals surface area contributed by atoms with Crippen LogP contribution in [0.5, 0.6) is 5.75 Å². The number of benzene rings is 2. The Morgan fingerprint density at radius 3 is 2.55 bits per heavy atom. The third-order valence-corrected chi connectivity index (χ3v) is 8.82. The lowest BCUT2D eigenvalue weighted by Gasteiger charge is -2.22. The van der Waals surface area contributed by atoms with Crippen LogP contribution in [0.1, 0.15) is 79.0 Å². The maximum Gasteiger partial charge on any atom is 0.328 e. The van der Waals surface area contributed by atoms with Gasteiger partial charge in [-0.05, 0) is 54.2 Å². The molecule has 0 bridgehead atoms. The van der Waals surface area contributed by atoms with Crippen LogP contribution in [0.2, 0.25) is 0 Å². The summed E-state index contributed by atoms with van der Waals surface area (Å²) >= 11 is 1.23. The Hall–Kier alpha value is -3.69. The predicted octanol–water partition coefficient (Wildman–Crippen LogP) is 5.95. The van der Waals surface area contributed by atoms with Crippen LogP contribution in [0.4, 0.5) is 0 Å². The van der Waals surface area contributed by atoms with E-state index in [4.69, 9.17) is 15.5 Å². The highest BCUT2D eigenvalue weighted by atomic mass is 32.2.